The molecule has 3 unspecified atom stereocenters. The number of hydrogen-bond donors (Lipinski definition) is 5. The zero-order valence-corrected chi connectivity index (χ0v) is 34.8. The summed E-state index contributed by atoms with van der Waals surface area (Å²) in [5.74, 6) is -0.0908. The van der Waals surface area contributed by atoms with Gasteiger partial charge in [0.15, 0.2) is 0 Å². The summed E-state index contributed by atoms with van der Waals surface area (Å²) in [6.45, 7) is 6.67. The number of aliphatic hydroxyl groups excluding tert-OH is 5. The van der Waals surface area contributed by atoms with E-state index in [1.807, 2.05) is 0 Å². The predicted octanol–water partition coefficient (Wildman–Crippen LogP) is 9.91. The lowest BCUT2D eigenvalue weighted by Crippen LogP contribution is -2.58. The normalized spacial score (nSPS) is 21.7. The summed E-state index contributed by atoms with van der Waals surface area (Å²) < 4.78 is 5.70. The van der Waals surface area contributed by atoms with Crippen molar-refractivity contribution in [3.05, 3.63) is 12.2 Å². The van der Waals surface area contributed by atoms with E-state index >= 15 is 0 Å². The van der Waals surface area contributed by atoms with Gasteiger partial charge in [-0.25, -0.2) is 0 Å². The van der Waals surface area contributed by atoms with Gasteiger partial charge in [0.05, 0.1) is 12.7 Å². The van der Waals surface area contributed by atoms with Gasteiger partial charge in [-0.15, -0.1) is 0 Å². The van der Waals surface area contributed by atoms with Gasteiger partial charge in [0.2, 0.25) is 5.91 Å². The van der Waals surface area contributed by atoms with E-state index in [9.17, 15) is 30.3 Å². The standard InChI is InChI=1S/C45H87NO7/c1-4-7-10-12-14-16-18-20-21-23-25-27-29-31-36-46(41(48)35-34-39-42(49)44(51)43(50)40(37-47)53-39)45(52)38(32-9-6-3)33-30-28-26-24-22-19-17-15-13-11-8-5-2/h21,23,38-44,47-51H,4-20,22,24-37H2,1-3H3/t38?,39?,40-,41?,42+,43-,44-/m1/s1. The molecule has 8 heteroatoms. The molecule has 0 aliphatic carbocycles. The zero-order chi connectivity index (χ0) is 38.9. The summed E-state index contributed by atoms with van der Waals surface area (Å²) in [4.78, 5) is 15.8. The molecule has 1 saturated heterocycles. The molecule has 8 nitrogen and oxygen atoms in total. The fraction of sp³-hybridized carbons (Fsp3) is 0.933. The molecule has 0 spiro atoms. The Morgan fingerprint density at radius 3 is 1.51 bits per heavy atom. The van der Waals surface area contributed by atoms with Crippen molar-refractivity contribution in [2.75, 3.05) is 13.2 Å². The number of carbonyl (C=O) groups excluding carboxylic acids is 1. The molecule has 0 aromatic rings. The number of ether oxygens (including phenoxy) is 1. The summed E-state index contributed by atoms with van der Waals surface area (Å²) in [5, 5.41) is 52.1. The maximum atomic E-state index is 14.2. The lowest BCUT2D eigenvalue weighted by molar-refractivity contribution is -0.232. The number of aliphatic hydroxyl groups is 5. The van der Waals surface area contributed by atoms with Gasteiger partial charge in [-0.05, 0) is 57.8 Å². The van der Waals surface area contributed by atoms with Crippen molar-refractivity contribution in [1.29, 1.82) is 0 Å². The first kappa shape index (κ1) is 50.0. The Kier molecular flexibility index (Phi) is 32.3. The van der Waals surface area contributed by atoms with E-state index in [4.69, 9.17) is 4.74 Å². The third-order valence-electron chi connectivity index (χ3n) is 11.4. The van der Waals surface area contributed by atoms with E-state index in [0.717, 1.165) is 70.6 Å². The first-order valence-corrected chi connectivity index (χ1v) is 22.8. The van der Waals surface area contributed by atoms with E-state index in [0.29, 0.717) is 6.54 Å². The Morgan fingerprint density at radius 1 is 0.566 bits per heavy atom. The Balaban J connectivity index is 2.67. The van der Waals surface area contributed by atoms with Crippen molar-refractivity contribution < 1.29 is 35.1 Å². The number of unbranched alkanes of at least 4 members (excludes halogenated alkanes) is 22. The van der Waals surface area contributed by atoms with Crippen LogP contribution in [0, 0.1) is 5.92 Å². The highest BCUT2D eigenvalue weighted by Gasteiger charge is 2.43. The number of carbonyl (C=O) groups is 1. The number of allylic oxidation sites excluding steroid dienone is 2. The van der Waals surface area contributed by atoms with E-state index in [1.54, 1.807) is 4.90 Å². The Labute approximate surface area is 326 Å². The summed E-state index contributed by atoms with van der Waals surface area (Å²) in [6, 6.07) is 0. The van der Waals surface area contributed by atoms with Crippen LogP contribution in [0.2, 0.25) is 0 Å². The van der Waals surface area contributed by atoms with Gasteiger partial charge < -0.3 is 35.2 Å². The largest absolute Gasteiger partial charge is 0.394 e. The summed E-state index contributed by atoms with van der Waals surface area (Å²) in [5.41, 5.74) is 0. The molecule has 0 radical (unpaired) electrons. The molecule has 1 fully saturated rings. The van der Waals surface area contributed by atoms with Gasteiger partial charge in [0.25, 0.3) is 0 Å². The van der Waals surface area contributed by atoms with Crippen LogP contribution in [0.4, 0.5) is 0 Å². The van der Waals surface area contributed by atoms with Gasteiger partial charge in [-0.1, -0.05) is 168 Å². The van der Waals surface area contributed by atoms with Crippen molar-refractivity contribution in [1.82, 2.24) is 4.90 Å². The second-order valence-electron chi connectivity index (χ2n) is 16.2. The van der Waals surface area contributed by atoms with Gasteiger partial charge in [-0.2, -0.15) is 0 Å². The van der Waals surface area contributed by atoms with Crippen LogP contribution in [0.15, 0.2) is 12.2 Å². The maximum absolute atomic E-state index is 14.2. The highest BCUT2D eigenvalue weighted by atomic mass is 16.5. The Hall–Kier alpha value is -1.03. The molecule has 1 amide bonds. The van der Waals surface area contributed by atoms with Crippen molar-refractivity contribution in [3.8, 4) is 0 Å². The lowest BCUT2D eigenvalue weighted by atomic mass is 9.91. The van der Waals surface area contributed by atoms with Gasteiger partial charge >= 0.3 is 0 Å². The Bertz CT molecular complexity index is 855. The molecule has 7 atom stereocenters. The monoisotopic (exact) mass is 754 g/mol. The third-order valence-corrected chi connectivity index (χ3v) is 11.4. The highest BCUT2D eigenvalue weighted by Crippen LogP contribution is 2.27. The topological polar surface area (TPSA) is 131 Å². The first-order chi connectivity index (χ1) is 25.8. The van der Waals surface area contributed by atoms with Crippen molar-refractivity contribution in [2.24, 2.45) is 5.92 Å². The average molecular weight is 754 g/mol. The van der Waals surface area contributed by atoms with E-state index in [-0.39, 0.29) is 24.7 Å². The van der Waals surface area contributed by atoms with E-state index < -0.39 is 43.4 Å². The predicted molar refractivity (Wildman–Crippen MR) is 220 cm³/mol. The second kappa shape index (κ2) is 34.2. The molecule has 0 bridgehead atoms. The molecule has 53 heavy (non-hydrogen) atoms. The van der Waals surface area contributed by atoms with Gasteiger partial charge in [0.1, 0.15) is 30.6 Å². The highest BCUT2D eigenvalue weighted by molar-refractivity contribution is 5.79. The van der Waals surface area contributed by atoms with Crippen molar-refractivity contribution >= 4 is 5.91 Å². The molecule has 0 saturated carbocycles. The van der Waals surface area contributed by atoms with Crippen molar-refractivity contribution in [2.45, 2.75) is 250 Å². The summed E-state index contributed by atoms with van der Waals surface area (Å²) in [6.07, 6.45) is 31.3. The number of rotatable bonds is 36. The van der Waals surface area contributed by atoms with E-state index in [1.165, 1.54) is 109 Å². The molecule has 0 aromatic heterocycles. The minimum Gasteiger partial charge on any atom is -0.394 e. The quantitative estimate of drug-likeness (QED) is 0.0245. The fourth-order valence-corrected chi connectivity index (χ4v) is 7.78. The van der Waals surface area contributed by atoms with Crippen LogP contribution in [0.5, 0.6) is 0 Å². The van der Waals surface area contributed by atoms with Gasteiger partial charge in [0, 0.05) is 12.5 Å². The lowest BCUT2D eigenvalue weighted by Gasteiger charge is -2.40. The molecular weight excluding hydrogens is 666 g/mol. The number of nitrogens with zero attached hydrogens (tertiary/aromatic N) is 1. The van der Waals surface area contributed by atoms with Crippen LogP contribution in [-0.2, 0) is 9.53 Å². The first-order valence-electron chi connectivity index (χ1n) is 22.8. The zero-order valence-electron chi connectivity index (χ0n) is 34.8. The molecule has 1 aliphatic rings. The second-order valence-corrected chi connectivity index (χ2v) is 16.2. The molecule has 5 N–H and O–H groups in total. The minimum absolute atomic E-state index is 0.0254. The smallest absolute Gasteiger partial charge is 0.227 e. The maximum Gasteiger partial charge on any atom is 0.227 e. The summed E-state index contributed by atoms with van der Waals surface area (Å²) in [7, 11) is 0. The van der Waals surface area contributed by atoms with Crippen LogP contribution in [0.1, 0.15) is 213 Å². The third kappa shape index (κ3) is 23.6. The summed E-state index contributed by atoms with van der Waals surface area (Å²) >= 11 is 0. The minimum atomic E-state index is -1.45. The number of hydrogen-bond acceptors (Lipinski definition) is 7. The van der Waals surface area contributed by atoms with E-state index in [2.05, 4.69) is 32.9 Å². The number of amides is 1. The molecule has 314 valence electrons. The molecule has 0 aromatic carbocycles. The van der Waals surface area contributed by atoms with Crippen LogP contribution < -0.4 is 0 Å². The van der Waals surface area contributed by atoms with Crippen LogP contribution in [-0.4, -0.2) is 86.2 Å². The Morgan fingerprint density at radius 2 is 1.00 bits per heavy atom. The van der Waals surface area contributed by atoms with Crippen molar-refractivity contribution in [3.63, 3.8) is 0 Å². The molecule has 1 rings (SSSR count). The average Bonchev–Trinajstić information content (AvgIpc) is 3.16. The molecular formula is C45H87NO7. The SMILES string of the molecule is CCCCCCCCCC=CCCCCCN(C(=O)C(CCCC)CCCCCCCCCCCCCC)C(O)CCC1O[C@H](CO)[C@@H](O)[C@H](O)[C@H]1O. The molecule has 1 aliphatic heterocycles. The van der Waals surface area contributed by atoms with Crippen LogP contribution in [0.3, 0.4) is 0 Å². The molecule has 1 heterocycles. The fourth-order valence-electron chi connectivity index (χ4n) is 7.78. The van der Waals surface area contributed by atoms with Gasteiger partial charge in [-0.3, -0.25) is 4.79 Å². The van der Waals surface area contributed by atoms with Crippen LogP contribution in [0.25, 0.3) is 0 Å². The van der Waals surface area contributed by atoms with Crippen LogP contribution >= 0.6 is 0 Å².